The van der Waals surface area contributed by atoms with Gasteiger partial charge in [-0.25, -0.2) is 9.78 Å². The number of nitrogens with two attached hydrogens (primary N) is 1. The lowest BCUT2D eigenvalue weighted by molar-refractivity contribution is 0.0926. The maximum absolute atomic E-state index is 13.3. The Morgan fingerprint density at radius 2 is 2.06 bits per heavy atom. The van der Waals surface area contributed by atoms with Gasteiger partial charge in [-0.2, -0.15) is 0 Å². The van der Waals surface area contributed by atoms with Crippen molar-refractivity contribution in [2.45, 2.75) is 64.6 Å². The number of thiophene rings is 1. The maximum atomic E-state index is 13.3. The molecule has 34 heavy (non-hydrogen) atoms. The van der Waals surface area contributed by atoms with Crippen LogP contribution in [0.4, 0.5) is 21.9 Å². The summed E-state index contributed by atoms with van der Waals surface area (Å²) >= 11 is 1.29. The Balaban J connectivity index is 1.52. The number of hydrogen-bond donors (Lipinski definition) is 3. The van der Waals surface area contributed by atoms with Gasteiger partial charge < -0.3 is 21.1 Å². The Morgan fingerprint density at radius 1 is 1.26 bits per heavy atom. The Labute approximate surface area is 202 Å². The van der Waals surface area contributed by atoms with Crippen molar-refractivity contribution in [1.82, 2.24) is 10.3 Å². The molecule has 2 aliphatic rings. The molecular weight excluding hydrogens is 450 g/mol. The van der Waals surface area contributed by atoms with Crippen molar-refractivity contribution in [2.75, 3.05) is 10.2 Å². The molecule has 4 N–H and O–H groups in total. The number of rotatable bonds is 5. The van der Waals surface area contributed by atoms with E-state index in [1.54, 1.807) is 11.1 Å². The quantitative estimate of drug-likeness (QED) is 0.473. The van der Waals surface area contributed by atoms with E-state index >= 15 is 0 Å². The first-order valence-corrected chi connectivity index (χ1v) is 12.5. The predicted octanol–water partition coefficient (Wildman–Crippen LogP) is 5.08. The Hall–Kier alpha value is -3.17. The summed E-state index contributed by atoms with van der Waals surface area (Å²) in [5.41, 5.74) is 9.10. The van der Waals surface area contributed by atoms with E-state index in [1.165, 1.54) is 11.3 Å². The number of carbonyl (C=O) groups is 2. The van der Waals surface area contributed by atoms with Gasteiger partial charge >= 0.3 is 6.03 Å². The number of benzene rings is 1. The minimum atomic E-state index is -0.317. The number of hydrogen-bond acceptors (Lipinski definition) is 6. The highest BCUT2D eigenvalue weighted by Gasteiger charge is 2.34. The summed E-state index contributed by atoms with van der Waals surface area (Å²) in [4.78, 5) is 33.8. The average molecular weight is 480 g/mol. The Morgan fingerprint density at radius 3 is 2.79 bits per heavy atom. The fourth-order valence-corrected chi connectivity index (χ4v) is 5.80. The second kappa shape index (κ2) is 8.88. The first-order valence-electron chi connectivity index (χ1n) is 11.7. The van der Waals surface area contributed by atoms with Crippen LogP contribution in [0.3, 0.4) is 0 Å². The van der Waals surface area contributed by atoms with Gasteiger partial charge in [0.15, 0.2) is 0 Å². The van der Waals surface area contributed by atoms with Gasteiger partial charge in [-0.3, -0.25) is 9.69 Å². The van der Waals surface area contributed by atoms with Crippen molar-refractivity contribution in [2.24, 2.45) is 5.73 Å². The van der Waals surface area contributed by atoms with Crippen LogP contribution < -0.4 is 26.0 Å². The summed E-state index contributed by atoms with van der Waals surface area (Å²) in [6.07, 6.45) is 5.65. The second-order valence-corrected chi connectivity index (χ2v) is 10.2. The summed E-state index contributed by atoms with van der Waals surface area (Å²) in [6, 6.07) is 7.06. The van der Waals surface area contributed by atoms with Crippen molar-refractivity contribution in [1.29, 1.82) is 0 Å². The van der Waals surface area contributed by atoms with Crippen LogP contribution in [0.15, 0.2) is 30.5 Å². The molecule has 1 saturated carbocycles. The SMILES string of the molecule is Cc1cc(OC(C)C)ccc1N1C(=O)Nc2c(C(=O)N[C@@H]3CCCC[C@@H]3N)sc3nccc1c23. The number of pyridine rings is 1. The van der Waals surface area contributed by atoms with Gasteiger partial charge in [0.2, 0.25) is 0 Å². The molecule has 1 aliphatic carbocycles. The van der Waals surface area contributed by atoms with Crippen LogP contribution in [-0.2, 0) is 0 Å². The van der Waals surface area contributed by atoms with Crippen molar-refractivity contribution < 1.29 is 14.3 Å². The van der Waals surface area contributed by atoms with Crippen LogP contribution >= 0.6 is 11.3 Å². The molecule has 8 nitrogen and oxygen atoms in total. The van der Waals surface area contributed by atoms with Crippen molar-refractivity contribution in [3.63, 3.8) is 0 Å². The zero-order valence-electron chi connectivity index (χ0n) is 19.6. The monoisotopic (exact) mass is 479 g/mol. The molecule has 3 heterocycles. The molecule has 2 atom stereocenters. The van der Waals surface area contributed by atoms with Crippen LogP contribution in [0.1, 0.15) is 54.8 Å². The van der Waals surface area contributed by atoms with Crippen LogP contribution in [0.5, 0.6) is 5.75 Å². The first-order chi connectivity index (χ1) is 16.3. The molecule has 0 spiro atoms. The van der Waals surface area contributed by atoms with Gasteiger partial charge in [0, 0.05) is 18.3 Å². The number of amides is 3. The van der Waals surface area contributed by atoms with E-state index in [4.69, 9.17) is 10.5 Å². The molecule has 0 bridgehead atoms. The Bertz CT molecular complexity index is 1270. The summed E-state index contributed by atoms with van der Waals surface area (Å²) in [6.45, 7) is 5.90. The van der Waals surface area contributed by atoms with Gasteiger partial charge in [-0.15, -0.1) is 11.3 Å². The molecule has 1 aromatic carbocycles. The third-order valence-corrected chi connectivity index (χ3v) is 7.47. The molecule has 0 saturated heterocycles. The normalized spacial score (nSPS) is 19.9. The largest absolute Gasteiger partial charge is 0.491 e. The van der Waals surface area contributed by atoms with E-state index in [0.717, 1.165) is 48.1 Å². The molecule has 0 unspecified atom stereocenters. The Kier molecular flexibility index (Phi) is 5.91. The summed E-state index contributed by atoms with van der Waals surface area (Å²) in [5, 5.41) is 6.82. The number of nitrogens with zero attached hydrogens (tertiary/aromatic N) is 2. The van der Waals surface area contributed by atoms with Crippen molar-refractivity contribution in [3.8, 4) is 5.75 Å². The number of ether oxygens (including phenoxy) is 1. The number of urea groups is 1. The molecule has 5 rings (SSSR count). The number of aromatic nitrogens is 1. The predicted molar refractivity (Wildman–Crippen MR) is 135 cm³/mol. The van der Waals surface area contributed by atoms with Crippen molar-refractivity contribution in [3.05, 3.63) is 40.9 Å². The molecule has 2 aromatic heterocycles. The fourth-order valence-electron chi connectivity index (χ4n) is 4.78. The highest BCUT2D eigenvalue weighted by molar-refractivity contribution is 7.21. The number of nitrogens with one attached hydrogen (secondary N) is 2. The summed E-state index contributed by atoms with van der Waals surface area (Å²) < 4.78 is 5.80. The van der Waals surface area contributed by atoms with Crippen LogP contribution in [0.2, 0.25) is 0 Å². The van der Waals surface area contributed by atoms with Gasteiger partial charge in [0.05, 0.1) is 28.6 Å². The number of anilines is 3. The fraction of sp³-hybridized carbons (Fsp3) is 0.400. The molecule has 1 aliphatic heterocycles. The summed E-state index contributed by atoms with van der Waals surface area (Å²) in [7, 11) is 0. The van der Waals surface area contributed by atoms with Crippen LogP contribution in [0.25, 0.3) is 10.2 Å². The molecule has 9 heteroatoms. The second-order valence-electron chi connectivity index (χ2n) is 9.23. The smallest absolute Gasteiger partial charge is 0.331 e. The highest BCUT2D eigenvalue weighted by Crippen LogP contribution is 2.46. The molecule has 3 aromatic rings. The molecule has 1 fully saturated rings. The average Bonchev–Trinajstić information content (AvgIpc) is 3.16. The van der Waals surface area contributed by atoms with Crippen LogP contribution in [-0.4, -0.2) is 35.1 Å². The molecule has 3 amide bonds. The van der Waals surface area contributed by atoms with Crippen molar-refractivity contribution >= 4 is 50.6 Å². The molecule has 0 radical (unpaired) electrons. The number of carbonyl (C=O) groups excluding carboxylic acids is 2. The maximum Gasteiger partial charge on any atom is 0.331 e. The van der Waals surface area contributed by atoms with Gasteiger partial charge in [0.1, 0.15) is 15.5 Å². The van der Waals surface area contributed by atoms with E-state index < -0.39 is 0 Å². The van der Waals surface area contributed by atoms with E-state index in [-0.39, 0.29) is 30.1 Å². The van der Waals surface area contributed by atoms with E-state index in [0.29, 0.717) is 21.1 Å². The summed E-state index contributed by atoms with van der Waals surface area (Å²) in [5.74, 6) is 0.538. The first kappa shape index (κ1) is 22.6. The highest BCUT2D eigenvalue weighted by atomic mass is 32.1. The standard InChI is InChI=1S/C25H29N5O3S/c1-13(2)33-15-8-9-18(14(3)12-15)30-19-10-11-27-24-20(19)21(29-25(30)32)22(34-24)23(31)28-17-7-5-4-6-16(17)26/h8-13,16-17H,4-7,26H2,1-3H3,(H,28,31)(H,29,32)/t16-,17+/m0/s1. The van der Waals surface area contributed by atoms with Gasteiger partial charge in [-0.1, -0.05) is 12.8 Å². The number of aryl methyl sites for hydroxylation is 1. The lowest BCUT2D eigenvalue weighted by Gasteiger charge is -2.30. The van der Waals surface area contributed by atoms with Crippen LogP contribution in [0, 0.1) is 6.92 Å². The molecular formula is C25H29N5O3S. The van der Waals surface area contributed by atoms with E-state index in [1.807, 2.05) is 45.0 Å². The van der Waals surface area contributed by atoms with E-state index in [2.05, 4.69) is 15.6 Å². The zero-order chi connectivity index (χ0) is 24.0. The van der Waals surface area contributed by atoms with E-state index in [9.17, 15) is 9.59 Å². The minimum Gasteiger partial charge on any atom is -0.491 e. The minimum absolute atomic E-state index is 0.0483. The molecule has 178 valence electrons. The zero-order valence-corrected chi connectivity index (χ0v) is 20.4. The van der Waals surface area contributed by atoms with Gasteiger partial charge in [-0.05, 0) is 63.4 Å². The lowest BCUT2D eigenvalue weighted by atomic mass is 9.91. The third kappa shape index (κ3) is 3.99. The lowest BCUT2D eigenvalue weighted by Crippen LogP contribution is -2.49. The van der Waals surface area contributed by atoms with Gasteiger partial charge in [0.25, 0.3) is 5.91 Å². The topological polar surface area (TPSA) is 110 Å². The third-order valence-electron chi connectivity index (χ3n) is 6.37.